The maximum Gasteiger partial charge on any atom is 0.204 e. The van der Waals surface area contributed by atoms with Crippen molar-refractivity contribution in [2.24, 2.45) is 11.7 Å². The number of allylic oxidation sites excluding steroid dienone is 2. The molecule has 2 aromatic rings. The Hall–Kier alpha value is -2.67. The van der Waals surface area contributed by atoms with Crippen LogP contribution in [-0.4, -0.2) is 6.10 Å². The number of nitrogens with zero attached hydrogens (tertiary/aromatic N) is 1. The second-order valence-electron chi connectivity index (χ2n) is 7.40. The quantitative estimate of drug-likeness (QED) is 0.612. The average molecular weight is 423 g/mol. The highest BCUT2D eigenvalue weighted by molar-refractivity contribution is 6.30. The van der Waals surface area contributed by atoms with Crippen LogP contribution >= 0.6 is 23.2 Å². The van der Waals surface area contributed by atoms with Gasteiger partial charge in [0.05, 0.1) is 0 Å². The van der Waals surface area contributed by atoms with Crippen molar-refractivity contribution in [1.82, 2.24) is 0 Å². The summed E-state index contributed by atoms with van der Waals surface area (Å²) in [4.78, 5) is 0. The van der Waals surface area contributed by atoms with E-state index >= 15 is 0 Å². The maximum absolute atomic E-state index is 9.80. The summed E-state index contributed by atoms with van der Waals surface area (Å²) in [5.74, 6) is 0.437. The summed E-state index contributed by atoms with van der Waals surface area (Å²) < 4.78 is 6.10. The lowest BCUT2D eigenvalue weighted by Gasteiger charge is -2.38. The molecule has 0 saturated heterocycles. The number of nitrogens with two attached hydrogens (primary N) is 1. The van der Waals surface area contributed by atoms with Gasteiger partial charge in [0.2, 0.25) is 5.88 Å². The van der Waals surface area contributed by atoms with Gasteiger partial charge in [0.1, 0.15) is 17.7 Å². The molecular formula is C24H20Cl2N2O. The lowest BCUT2D eigenvalue weighted by molar-refractivity contribution is 0.143. The van der Waals surface area contributed by atoms with Crippen LogP contribution in [0.4, 0.5) is 0 Å². The summed E-state index contributed by atoms with van der Waals surface area (Å²) in [7, 11) is 0. The summed E-state index contributed by atoms with van der Waals surface area (Å²) in [5.41, 5.74) is 11.7. The fraction of sp³-hybridized carbons (Fsp3) is 0.208. The van der Waals surface area contributed by atoms with Crippen molar-refractivity contribution in [1.29, 1.82) is 5.26 Å². The highest BCUT2D eigenvalue weighted by atomic mass is 35.5. The second-order valence-corrected chi connectivity index (χ2v) is 8.27. The Labute approximate surface area is 180 Å². The van der Waals surface area contributed by atoms with E-state index in [0.29, 0.717) is 15.6 Å². The molecule has 2 atom stereocenters. The smallest absolute Gasteiger partial charge is 0.204 e. The average Bonchev–Trinajstić information content (AvgIpc) is 2.71. The second kappa shape index (κ2) is 7.99. The number of benzene rings is 2. The first-order valence-corrected chi connectivity index (χ1v) is 10.3. The van der Waals surface area contributed by atoms with Gasteiger partial charge in [-0.15, -0.1) is 0 Å². The van der Waals surface area contributed by atoms with Crippen molar-refractivity contribution in [2.45, 2.75) is 25.9 Å². The van der Waals surface area contributed by atoms with Crippen LogP contribution < -0.4 is 5.73 Å². The predicted octanol–water partition coefficient (Wildman–Crippen LogP) is 6.35. The van der Waals surface area contributed by atoms with Crippen molar-refractivity contribution >= 4 is 34.9 Å². The van der Waals surface area contributed by atoms with Crippen molar-refractivity contribution in [3.05, 3.63) is 92.3 Å². The molecule has 2 aromatic carbocycles. The number of hydrogen-bond donors (Lipinski definition) is 1. The van der Waals surface area contributed by atoms with E-state index in [0.717, 1.165) is 40.7 Å². The van der Waals surface area contributed by atoms with Gasteiger partial charge in [-0.05, 0) is 65.3 Å². The number of fused-ring (bicyclic) bond motifs is 1. The topological polar surface area (TPSA) is 59.0 Å². The van der Waals surface area contributed by atoms with E-state index < -0.39 is 0 Å². The van der Waals surface area contributed by atoms with Crippen molar-refractivity contribution < 1.29 is 4.74 Å². The summed E-state index contributed by atoms with van der Waals surface area (Å²) in [6.45, 7) is 2.18. The van der Waals surface area contributed by atoms with Crippen LogP contribution in [0.5, 0.6) is 0 Å². The zero-order valence-corrected chi connectivity index (χ0v) is 17.5. The van der Waals surface area contributed by atoms with Gasteiger partial charge in [0.25, 0.3) is 0 Å². The third kappa shape index (κ3) is 3.79. The number of hydrogen-bond acceptors (Lipinski definition) is 3. The van der Waals surface area contributed by atoms with Crippen LogP contribution in [0, 0.1) is 17.2 Å². The molecule has 146 valence electrons. The maximum atomic E-state index is 9.80. The van der Waals surface area contributed by atoms with Gasteiger partial charge in [-0.3, -0.25) is 0 Å². The minimum Gasteiger partial charge on any atom is -0.466 e. The fourth-order valence-corrected chi connectivity index (χ4v) is 4.31. The molecule has 2 unspecified atom stereocenters. The minimum absolute atomic E-state index is 0.169. The van der Waals surface area contributed by atoms with E-state index in [9.17, 15) is 5.26 Å². The molecule has 4 rings (SSSR count). The van der Waals surface area contributed by atoms with Crippen LogP contribution in [0.1, 0.15) is 30.9 Å². The summed E-state index contributed by atoms with van der Waals surface area (Å²) in [6, 6.07) is 17.5. The largest absolute Gasteiger partial charge is 0.466 e. The molecule has 1 saturated carbocycles. The zero-order chi connectivity index (χ0) is 20.5. The molecule has 0 radical (unpaired) electrons. The summed E-state index contributed by atoms with van der Waals surface area (Å²) in [6.07, 6.45) is 3.74. The van der Waals surface area contributed by atoms with E-state index in [4.69, 9.17) is 33.7 Å². The Morgan fingerprint density at radius 2 is 1.69 bits per heavy atom. The summed E-state index contributed by atoms with van der Waals surface area (Å²) in [5, 5.41) is 11.2. The normalized spacial score (nSPS) is 22.9. The molecule has 0 aromatic heterocycles. The van der Waals surface area contributed by atoms with Gasteiger partial charge in [0, 0.05) is 15.6 Å². The van der Waals surface area contributed by atoms with Crippen LogP contribution in [-0.2, 0) is 4.74 Å². The van der Waals surface area contributed by atoms with Gasteiger partial charge in [-0.25, -0.2) is 0 Å². The summed E-state index contributed by atoms with van der Waals surface area (Å²) >= 11 is 12.1. The molecule has 5 heteroatoms. The number of ether oxygens (including phenoxy) is 1. The van der Waals surface area contributed by atoms with E-state index in [2.05, 4.69) is 19.1 Å². The molecule has 1 heterocycles. The van der Waals surface area contributed by atoms with Crippen LogP contribution in [0.15, 0.2) is 71.1 Å². The molecule has 1 fully saturated rings. The number of nitriles is 1. The Morgan fingerprint density at radius 1 is 1.07 bits per heavy atom. The third-order valence-corrected chi connectivity index (χ3v) is 6.02. The lowest BCUT2D eigenvalue weighted by atomic mass is 9.74. The standard InChI is InChI=1S/C24H20Cl2N2O/c1-14-2-5-17(12-15-3-8-18(25)9-4-15)23-21(14)22(20(13-27)24(28)29-23)16-6-10-19(26)11-7-16/h3-4,6-12,14,23H,2,5,28H2,1H3/b17-12+. The Balaban J connectivity index is 1.87. The van der Waals surface area contributed by atoms with Crippen molar-refractivity contribution in [3.8, 4) is 6.07 Å². The first-order valence-electron chi connectivity index (χ1n) is 9.51. The molecule has 29 heavy (non-hydrogen) atoms. The number of halogens is 2. The highest BCUT2D eigenvalue weighted by Gasteiger charge is 2.38. The molecule has 1 aliphatic heterocycles. The molecule has 2 aliphatic rings. The third-order valence-electron chi connectivity index (χ3n) is 5.51. The molecular weight excluding hydrogens is 403 g/mol. The molecule has 2 N–H and O–H groups in total. The van der Waals surface area contributed by atoms with Gasteiger partial charge < -0.3 is 10.5 Å². The Kier molecular flexibility index (Phi) is 5.41. The van der Waals surface area contributed by atoms with E-state index in [1.165, 1.54) is 0 Å². The van der Waals surface area contributed by atoms with Gasteiger partial charge in [-0.1, -0.05) is 60.5 Å². The number of rotatable bonds is 2. The highest BCUT2D eigenvalue weighted by Crippen LogP contribution is 2.46. The van der Waals surface area contributed by atoms with Crippen molar-refractivity contribution in [3.63, 3.8) is 0 Å². The van der Waals surface area contributed by atoms with Gasteiger partial charge in [0.15, 0.2) is 0 Å². The Morgan fingerprint density at radius 3 is 2.31 bits per heavy atom. The van der Waals surface area contributed by atoms with E-state index in [-0.39, 0.29) is 17.9 Å². The molecule has 0 bridgehead atoms. The monoisotopic (exact) mass is 422 g/mol. The van der Waals surface area contributed by atoms with Crippen molar-refractivity contribution in [2.75, 3.05) is 0 Å². The fourth-order valence-electron chi connectivity index (χ4n) is 4.06. The van der Waals surface area contributed by atoms with Crippen LogP contribution in [0.25, 0.3) is 11.6 Å². The Bertz CT molecular complexity index is 1070. The lowest BCUT2D eigenvalue weighted by Crippen LogP contribution is -2.33. The molecule has 0 amide bonds. The zero-order valence-electron chi connectivity index (χ0n) is 16.0. The molecule has 1 aliphatic carbocycles. The molecule has 0 spiro atoms. The van der Waals surface area contributed by atoms with Gasteiger partial charge >= 0.3 is 0 Å². The first kappa shape index (κ1) is 19.6. The van der Waals surface area contributed by atoms with Crippen LogP contribution in [0.2, 0.25) is 10.0 Å². The van der Waals surface area contributed by atoms with Gasteiger partial charge in [-0.2, -0.15) is 5.26 Å². The SMILES string of the molecule is CC1CC/C(=C\c2ccc(Cl)cc2)C2OC(N)=C(C#N)C(c3ccc(Cl)cc3)=C12. The van der Waals surface area contributed by atoms with E-state index in [1.807, 2.05) is 48.5 Å². The van der Waals surface area contributed by atoms with E-state index in [1.54, 1.807) is 0 Å². The minimum atomic E-state index is -0.280. The molecule has 3 nitrogen and oxygen atoms in total. The van der Waals surface area contributed by atoms with Crippen LogP contribution in [0.3, 0.4) is 0 Å². The predicted molar refractivity (Wildman–Crippen MR) is 118 cm³/mol. The first-order chi connectivity index (χ1) is 14.0.